The molecule has 2 heteroatoms. The van der Waals surface area contributed by atoms with Gasteiger partial charge in [0.2, 0.25) is 0 Å². The Labute approximate surface area is 85.7 Å². The highest BCUT2D eigenvalue weighted by Gasteiger charge is 2.46. The number of rotatable bonds is 1. The SMILES string of the molecule is CC1(C)NCCC1(C)c1ccccn1. The Kier molecular flexibility index (Phi) is 2.11. The maximum absolute atomic E-state index is 4.49. The van der Waals surface area contributed by atoms with Gasteiger partial charge in [0.1, 0.15) is 0 Å². The van der Waals surface area contributed by atoms with Crippen LogP contribution in [-0.2, 0) is 5.41 Å². The van der Waals surface area contributed by atoms with Gasteiger partial charge in [-0.05, 0) is 38.9 Å². The molecule has 0 amide bonds. The lowest BCUT2D eigenvalue weighted by atomic mass is 9.71. The molecule has 0 radical (unpaired) electrons. The first-order chi connectivity index (χ1) is 6.56. The van der Waals surface area contributed by atoms with Crippen molar-refractivity contribution in [1.29, 1.82) is 0 Å². The molecular weight excluding hydrogens is 172 g/mol. The van der Waals surface area contributed by atoms with E-state index in [0.29, 0.717) is 0 Å². The number of hydrogen-bond acceptors (Lipinski definition) is 2. The first kappa shape index (κ1) is 9.66. The van der Waals surface area contributed by atoms with Crippen LogP contribution in [-0.4, -0.2) is 17.1 Å². The van der Waals surface area contributed by atoms with Crippen molar-refractivity contribution < 1.29 is 0 Å². The van der Waals surface area contributed by atoms with E-state index in [1.54, 1.807) is 0 Å². The normalized spacial score (nSPS) is 30.5. The van der Waals surface area contributed by atoms with Gasteiger partial charge in [0, 0.05) is 22.8 Å². The fraction of sp³-hybridized carbons (Fsp3) is 0.583. The van der Waals surface area contributed by atoms with Crippen LogP contribution < -0.4 is 5.32 Å². The molecule has 1 N–H and O–H groups in total. The topological polar surface area (TPSA) is 24.9 Å². The average Bonchev–Trinajstić information content (AvgIpc) is 2.44. The summed E-state index contributed by atoms with van der Waals surface area (Å²) in [6.45, 7) is 7.90. The van der Waals surface area contributed by atoms with Crippen molar-refractivity contribution in [2.75, 3.05) is 6.54 Å². The van der Waals surface area contributed by atoms with Gasteiger partial charge in [-0.25, -0.2) is 0 Å². The summed E-state index contributed by atoms with van der Waals surface area (Å²) in [5.74, 6) is 0. The maximum Gasteiger partial charge on any atom is 0.0481 e. The lowest BCUT2D eigenvalue weighted by Crippen LogP contribution is -2.48. The molecule has 0 spiro atoms. The molecule has 0 bridgehead atoms. The third kappa shape index (κ3) is 1.25. The van der Waals surface area contributed by atoms with Crippen LogP contribution in [0, 0.1) is 0 Å². The number of hydrogen-bond donors (Lipinski definition) is 1. The summed E-state index contributed by atoms with van der Waals surface area (Å²) in [5, 5.41) is 3.54. The lowest BCUT2D eigenvalue weighted by Gasteiger charge is -2.37. The van der Waals surface area contributed by atoms with E-state index in [-0.39, 0.29) is 11.0 Å². The van der Waals surface area contributed by atoms with Crippen molar-refractivity contribution in [2.24, 2.45) is 0 Å². The predicted molar refractivity (Wildman–Crippen MR) is 58.3 cm³/mol. The minimum absolute atomic E-state index is 0.140. The van der Waals surface area contributed by atoms with Crippen LogP contribution in [0.2, 0.25) is 0 Å². The van der Waals surface area contributed by atoms with Crippen LogP contribution in [0.3, 0.4) is 0 Å². The van der Waals surface area contributed by atoms with Crippen LogP contribution in [0.1, 0.15) is 32.9 Å². The van der Waals surface area contributed by atoms with Gasteiger partial charge in [-0.3, -0.25) is 4.98 Å². The molecule has 76 valence electrons. The van der Waals surface area contributed by atoms with E-state index in [9.17, 15) is 0 Å². The molecule has 2 nitrogen and oxygen atoms in total. The Morgan fingerprint density at radius 1 is 1.29 bits per heavy atom. The Bertz CT molecular complexity index is 318. The zero-order valence-corrected chi connectivity index (χ0v) is 9.17. The van der Waals surface area contributed by atoms with E-state index in [0.717, 1.165) is 13.0 Å². The average molecular weight is 190 g/mol. The number of pyridine rings is 1. The van der Waals surface area contributed by atoms with Gasteiger partial charge in [0.05, 0.1) is 0 Å². The monoisotopic (exact) mass is 190 g/mol. The molecule has 2 rings (SSSR count). The van der Waals surface area contributed by atoms with Crippen molar-refractivity contribution >= 4 is 0 Å². The van der Waals surface area contributed by atoms with Crippen molar-refractivity contribution in [1.82, 2.24) is 10.3 Å². The van der Waals surface area contributed by atoms with Crippen LogP contribution in [0.5, 0.6) is 0 Å². The van der Waals surface area contributed by atoms with Gasteiger partial charge in [0.15, 0.2) is 0 Å². The van der Waals surface area contributed by atoms with Gasteiger partial charge >= 0.3 is 0 Å². The van der Waals surface area contributed by atoms with Crippen LogP contribution in [0.15, 0.2) is 24.4 Å². The fourth-order valence-electron chi connectivity index (χ4n) is 2.27. The second kappa shape index (κ2) is 3.06. The van der Waals surface area contributed by atoms with Crippen molar-refractivity contribution in [3.8, 4) is 0 Å². The van der Waals surface area contributed by atoms with Gasteiger partial charge in [-0.1, -0.05) is 13.0 Å². The molecule has 1 fully saturated rings. The van der Waals surface area contributed by atoms with Crippen LogP contribution in [0.25, 0.3) is 0 Å². The standard InChI is InChI=1S/C12H18N2/c1-11(2)12(3,7-9-14-11)10-6-4-5-8-13-10/h4-6,8,14H,7,9H2,1-3H3. The Hall–Kier alpha value is -0.890. The van der Waals surface area contributed by atoms with Crippen LogP contribution >= 0.6 is 0 Å². The molecule has 0 saturated carbocycles. The molecule has 14 heavy (non-hydrogen) atoms. The quantitative estimate of drug-likeness (QED) is 0.733. The number of nitrogens with one attached hydrogen (secondary N) is 1. The molecule has 1 saturated heterocycles. The Balaban J connectivity index is 2.42. The Morgan fingerprint density at radius 2 is 2.07 bits per heavy atom. The van der Waals surface area contributed by atoms with Crippen LogP contribution in [0.4, 0.5) is 0 Å². The molecule has 1 aliphatic heterocycles. The molecule has 0 aliphatic carbocycles. The zero-order chi connectivity index (χ0) is 10.2. The van der Waals surface area contributed by atoms with Crippen molar-refractivity contribution in [2.45, 2.75) is 38.1 Å². The minimum Gasteiger partial charge on any atom is -0.311 e. The van der Waals surface area contributed by atoms with Crippen molar-refractivity contribution in [3.63, 3.8) is 0 Å². The summed E-state index contributed by atoms with van der Waals surface area (Å²) in [6, 6.07) is 6.18. The van der Waals surface area contributed by atoms with E-state index >= 15 is 0 Å². The summed E-state index contributed by atoms with van der Waals surface area (Å²) in [6.07, 6.45) is 3.05. The molecule has 1 aromatic heterocycles. The minimum atomic E-state index is 0.140. The largest absolute Gasteiger partial charge is 0.311 e. The summed E-state index contributed by atoms with van der Waals surface area (Å²) < 4.78 is 0. The smallest absolute Gasteiger partial charge is 0.0481 e. The van der Waals surface area contributed by atoms with E-state index in [1.807, 2.05) is 12.3 Å². The highest BCUT2D eigenvalue weighted by Crippen LogP contribution is 2.40. The summed E-state index contributed by atoms with van der Waals surface area (Å²) in [5.41, 5.74) is 1.50. The number of nitrogens with zero attached hydrogens (tertiary/aromatic N) is 1. The second-order valence-electron chi connectivity index (χ2n) is 4.85. The predicted octanol–water partition coefficient (Wildman–Crippen LogP) is 2.11. The Morgan fingerprint density at radius 3 is 2.57 bits per heavy atom. The zero-order valence-electron chi connectivity index (χ0n) is 9.17. The highest BCUT2D eigenvalue weighted by molar-refractivity contribution is 5.25. The van der Waals surface area contributed by atoms with Gasteiger partial charge in [-0.2, -0.15) is 0 Å². The first-order valence-corrected chi connectivity index (χ1v) is 5.23. The van der Waals surface area contributed by atoms with E-state index < -0.39 is 0 Å². The van der Waals surface area contributed by atoms with Gasteiger partial charge in [0.25, 0.3) is 0 Å². The van der Waals surface area contributed by atoms with Gasteiger partial charge in [-0.15, -0.1) is 0 Å². The molecule has 1 atom stereocenters. The second-order valence-corrected chi connectivity index (χ2v) is 4.85. The van der Waals surface area contributed by atoms with E-state index in [2.05, 4.69) is 43.2 Å². The molecule has 0 aromatic carbocycles. The molecule has 1 aromatic rings. The fourth-order valence-corrected chi connectivity index (χ4v) is 2.27. The van der Waals surface area contributed by atoms with E-state index in [4.69, 9.17) is 0 Å². The number of aromatic nitrogens is 1. The molecule has 1 unspecified atom stereocenters. The first-order valence-electron chi connectivity index (χ1n) is 5.23. The highest BCUT2D eigenvalue weighted by atomic mass is 15.0. The maximum atomic E-state index is 4.49. The van der Waals surface area contributed by atoms with Gasteiger partial charge < -0.3 is 5.32 Å². The summed E-state index contributed by atoms with van der Waals surface area (Å²) >= 11 is 0. The molecular formula is C12H18N2. The molecule has 1 aliphatic rings. The van der Waals surface area contributed by atoms with Crippen molar-refractivity contribution in [3.05, 3.63) is 30.1 Å². The summed E-state index contributed by atoms with van der Waals surface area (Å²) in [4.78, 5) is 4.49. The van der Waals surface area contributed by atoms with E-state index in [1.165, 1.54) is 5.69 Å². The third-order valence-electron chi connectivity index (χ3n) is 3.80. The molecule has 2 heterocycles. The summed E-state index contributed by atoms with van der Waals surface area (Å²) in [7, 11) is 0. The lowest BCUT2D eigenvalue weighted by molar-refractivity contribution is 0.290. The third-order valence-corrected chi connectivity index (χ3v) is 3.80.